The molecule has 0 fully saturated rings. The van der Waals surface area contributed by atoms with Crippen LogP contribution in [0.1, 0.15) is 40.0 Å². The summed E-state index contributed by atoms with van der Waals surface area (Å²) in [5.41, 5.74) is 6.55. The average molecular weight is 380 g/mol. The van der Waals surface area contributed by atoms with E-state index >= 15 is 0 Å². The van der Waals surface area contributed by atoms with Crippen molar-refractivity contribution < 1.29 is 4.79 Å². The fourth-order valence-corrected chi connectivity index (χ4v) is 3.69. The largest absolute Gasteiger partial charge is 0.345 e. The van der Waals surface area contributed by atoms with Gasteiger partial charge in [0.2, 0.25) is 0 Å². The van der Waals surface area contributed by atoms with Gasteiger partial charge in [-0.1, -0.05) is 78.4 Å². The molecule has 1 atom stereocenters. The van der Waals surface area contributed by atoms with Gasteiger partial charge in [0.1, 0.15) is 0 Å². The zero-order valence-electron chi connectivity index (χ0n) is 16.9. The average Bonchev–Trinajstić information content (AvgIpc) is 2.74. The number of hydrogen-bond donors (Lipinski definition) is 1. The molecule has 0 radical (unpaired) electrons. The van der Waals surface area contributed by atoms with E-state index in [4.69, 9.17) is 4.98 Å². The molecule has 144 valence electrons. The number of rotatable bonds is 4. The third kappa shape index (κ3) is 3.77. The van der Waals surface area contributed by atoms with Gasteiger partial charge in [-0.05, 0) is 38.0 Å². The second kappa shape index (κ2) is 7.88. The molecule has 3 heteroatoms. The monoisotopic (exact) mass is 380 g/mol. The highest BCUT2D eigenvalue weighted by Crippen LogP contribution is 2.30. The Morgan fingerprint density at radius 1 is 0.862 bits per heavy atom. The first-order valence-corrected chi connectivity index (χ1v) is 9.87. The number of amides is 1. The van der Waals surface area contributed by atoms with E-state index in [1.165, 1.54) is 5.56 Å². The van der Waals surface area contributed by atoms with Crippen molar-refractivity contribution in [3.63, 3.8) is 0 Å². The topological polar surface area (TPSA) is 42.0 Å². The quantitative estimate of drug-likeness (QED) is 0.471. The van der Waals surface area contributed by atoms with Gasteiger partial charge in [-0.3, -0.25) is 4.79 Å². The molecule has 3 nitrogen and oxygen atoms in total. The molecule has 0 bridgehead atoms. The van der Waals surface area contributed by atoms with Crippen LogP contribution in [0.3, 0.4) is 0 Å². The van der Waals surface area contributed by atoms with E-state index in [9.17, 15) is 4.79 Å². The van der Waals surface area contributed by atoms with Crippen LogP contribution in [0.15, 0.2) is 78.9 Å². The van der Waals surface area contributed by atoms with Crippen molar-refractivity contribution >= 4 is 16.8 Å². The molecule has 0 aliphatic heterocycles. The second-order valence-corrected chi connectivity index (χ2v) is 7.45. The Balaban J connectivity index is 1.81. The van der Waals surface area contributed by atoms with Gasteiger partial charge >= 0.3 is 0 Å². The van der Waals surface area contributed by atoms with Crippen LogP contribution in [0.4, 0.5) is 0 Å². The van der Waals surface area contributed by atoms with E-state index in [0.717, 1.165) is 33.3 Å². The zero-order chi connectivity index (χ0) is 20.4. The highest BCUT2D eigenvalue weighted by atomic mass is 16.1. The summed E-state index contributed by atoms with van der Waals surface area (Å²) in [6, 6.07) is 26.0. The second-order valence-electron chi connectivity index (χ2n) is 7.45. The summed E-state index contributed by atoms with van der Waals surface area (Å²) in [6.45, 7) is 6.05. The Labute approximate surface area is 171 Å². The van der Waals surface area contributed by atoms with Crippen molar-refractivity contribution in [1.82, 2.24) is 10.3 Å². The highest BCUT2D eigenvalue weighted by Gasteiger charge is 2.20. The maximum Gasteiger partial charge on any atom is 0.252 e. The number of fused-ring (bicyclic) bond motifs is 1. The van der Waals surface area contributed by atoms with Gasteiger partial charge in [0, 0.05) is 10.9 Å². The van der Waals surface area contributed by atoms with E-state index < -0.39 is 0 Å². The number of carbonyl (C=O) groups is 1. The summed E-state index contributed by atoms with van der Waals surface area (Å²) in [4.78, 5) is 18.2. The van der Waals surface area contributed by atoms with Crippen molar-refractivity contribution in [3.05, 3.63) is 101 Å². The van der Waals surface area contributed by atoms with E-state index in [-0.39, 0.29) is 11.9 Å². The van der Waals surface area contributed by atoms with Crippen molar-refractivity contribution in [3.8, 4) is 11.3 Å². The lowest BCUT2D eigenvalue weighted by Gasteiger charge is -2.18. The maximum absolute atomic E-state index is 13.4. The third-order valence-corrected chi connectivity index (χ3v) is 5.34. The minimum Gasteiger partial charge on any atom is -0.345 e. The lowest BCUT2D eigenvalue weighted by Crippen LogP contribution is -2.27. The van der Waals surface area contributed by atoms with Gasteiger partial charge in [0.15, 0.2) is 0 Å². The maximum atomic E-state index is 13.4. The first-order chi connectivity index (χ1) is 14.0. The summed E-state index contributed by atoms with van der Waals surface area (Å²) < 4.78 is 0. The molecule has 1 heterocycles. The van der Waals surface area contributed by atoms with Crippen LogP contribution in [0.2, 0.25) is 0 Å². The Kier molecular flexibility index (Phi) is 5.13. The van der Waals surface area contributed by atoms with Gasteiger partial charge in [-0.15, -0.1) is 0 Å². The molecule has 29 heavy (non-hydrogen) atoms. The van der Waals surface area contributed by atoms with Crippen molar-refractivity contribution in [2.75, 3.05) is 0 Å². The highest BCUT2D eigenvalue weighted by molar-refractivity contribution is 6.09. The number of benzene rings is 3. The number of hydrogen-bond acceptors (Lipinski definition) is 2. The van der Waals surface area contributed by atoms with E-state index in [1.807, 2.05) is 68.4 Å². The minimum atomic E-state index is -0.0853. The van der Waals surface area contributed by atoms with Gasteiger partial charge in [0.25, 0.3) is 5.91 Å². The Morgan fingerprint density at radius 3 is 2.24 bits per heavy atom. The smallest absolute Gasteiger partial charge is 0.252 e. The summed E-state index contributed by atoms with van der Waals surface area (Å²) in [5.74, 6) is -0.0779. The Hall–Kier alpha value is -3.46. The normalized spacial score (nSPS) is 12.0. The number of nitrogens with one attached hydrogen (secondary N) is 1. The first-order valence-electron chi connectivity index (χ1n) is 9.87. The summed E-state index contributed by atoms with van der Waals surface area (Å²) >= 11 is 0. The number of aryl methyl sites for hydroxylation is 1. The van der Waals surface area contributed by atoms with E-state index in [1.54, 1.807) is 0 Å². The number of para-hydroxylation sites is 1. The lowest BCUT2D eigenvalue weighted by atomic mass is 9.96. The molecule has 4 aromatic rings. The van der Waals surface area contributed by atoms with Crippen LogP contribution in [-0.4, -0.2) is 10.9 Å². The zero-order valence-corrected chi connectivity index (χ0v) is 16.9. The van der Waals surface area contributed by atoms with E-state index in [0.29, 0.717) is 5.56 Å². The molecule has 1 aromatic heterocycles. The molecule has 0 aliphatic rings. The van der Waals surface area contributed by atoms with E-state index in [2.05, 4.69) is 36.5 Å². The number of nitrogens with zero attached hydrogens (tertiary/aromatic N) is 1. The first kappa shape index (κ1) is 18.9. The van der Waals surface area contributed by atoms with Crippen LogP contribution >= 0.6 is 0 Å². The van der Waals surface area contributed by atoms with Gasteiger partial charge in [-0.2, -0.15) is 0 Å². The van der Waals surface area contributed by atoms with Crippen LogP contribution in [-0.2, 0) is 0 Å². The summed E-state index contributed by atoms with van der Waals surface area (Å²) in [6.07, 6.45) is 0. The molecular weight excluding hydrogens is 356 g/mol. The summed E-state index contributed by atoms with van der Waals surface area (Å²) in [5, 5.41) is 4.04. The van der Waals surface area contributed by atoms with Gasteiger partial charge in [0.05, 0.1) is 22.8 Å². The van der Waals surface area contributed by atoms with Crippen molar-refractivity contribution in [2.45, 2.75) is 26.8 Å². The van der Waals surface area contributed by atoms with Gasteiger partial charge < -0.3 is 5.32 Å². The third-order valence-electron chi connectivity index (χ3n) is 5.34. The van der Waals surface area contributed by atoms with Gasteiger partial charge in [-0.25, -0.2) is 4.98 Å². The fourth-order valence-electron chi connectivity index (χ4n) is 3.69. The number of aromatic nitrogens is 1. The van der Waals surface area contributed by atoms with Crippen molar-refractivity contribution in [1.29, 1.82) is 0 Å². The number of carbonyl (C=O) groups excluding carboxylic acids is 1. The molecule has 0 saturated heterocycles. The van der Waals surface area contributed by atoms with Crippen LogP contribution in [0.25, 0.3) is 22.2 Å². The molecular formula is C26H24N2O. The SMILES string of the molecule is Cc1ccc(-c2nc3ccccc3c(C(=O)NC(C)c3ccccc3)c2C)cc1. The Morgan fingerprint density at radius 2 is 1.52 bits per heavy atom. The molecule has 3 aromatic carbocycles. The molecule has 0 spiro atoms. The fraction of sp³-hybridized carbons (Fsp3) is 0.154. The number of pyridine rings is 1. The predicted octanol–water partition coefficient (Wildman–Crippen LogP) is 6.01. The molecule has 0 saturated carbocycles. The molecule has 0 aliphatic carbocycles. The minimum absolute atomic E-state index is 0.0779. The summed E-state index contributed by atoms with van der Waals surface area (Å²) in [7, 11) is 0. The van der Waals surface area contributed by atoms with Crippen LogP contribution in [0.5, 0.6) is 0 Å². The standard InChI is InChI=1S/C26H24N2O/c1-17-13-15-21(16-14-17)25-18(2)24(22-11-7-8-12-23(22)28-25)26(29)27-19(3)20-9-5-4-6-10-20/h4-16,19H,1-3H3,(H,27,29). The predicted molar refractivity (Wildman–Crippen MR) is 119 cm³/mol. The molecule has 4 rings (SSSR count). The van der Waals surface area contributed by atoms with Crippen LogP contribution in [0, 0.1) is 13.8 Å². The van der Waals surface area contributed by atoms with Crippen LogP contribution < -0.4 is 5.32 Å². The lowest BCUT2D eigenvalue weighted by molar-refractivity contribution is 0.0941. The molecule has 1 amide bonds. The molecule has 1 unspecified atom stereocenters. The Bertz CT molecular complexity index is 1160. The van der Waals surface area contributed by atoms with Crippen molar-refractivity contribution in [2.24, 2.45) is 0 Å². The molecule has 1 N–H and O–H groups in total.